The number of ether oxygens (including phenoxy) is 1. The van der Waals surface area contributed by atoms with Gasteiger partial charge in [-0.25, -0.2) is 0 Å². The number of carboxylic acid groups (broad SMARTS) is 1. The number of methoxy groups -OCH3 is 1. The SMILES string of the molecule is COc1cc(/C=C2\SC(=S)N(C(C)C(=O)NCCCCCC(=O)O)C2=O)ccc1O. The number of phenols is 1. The number of phenolic OH excluding ortho intramolecular Hbond substituents is 1. The first-order chi connectivity index (χ1) is 14.2. The van der Waals surface area contributed by atoms with Crippen molar-refractivity contribution in [2.75, 3.05) is 13.7 Å². The highest BCUT2D eigenvalue weighted by Gasteiger charge is 2.38. The van der Waals surface area contributed by atoms with E-state index < -0.39 is 12.0 Å². The van der Waals surface area contributed by atoms with Crippen molar-refractivity contribution < 1.29 is 29.3 Å². The summed E-state index contributed by atoms with van der Waals surface area (Å²) < 4.78 is 5.37. The van der Waals surface area contributed by atoms with Crippen LogP contribution in [0.3, 0.4) is 0 Å². The van der Waals surface area contributed by atoms with E-state index in [0.717, 1.165) is 11.8 Å². The number of aromatic hydroxyl groups is 1. The predicted molar refractivity (Wildman–Crippen MR) is 118 cm³/mol. The maximum Gasteiger partial charge on any atom is 0.303 e. The number of amides is 2. The quantitative estimate of drug-likeness (QED) is 0.282. The number of hydrogen-bond acceptors (Lipinski definition) is 7. The number of nitrogens with zero attached hydrogens (tertiary/aromatic N) is 1. The minimum absolute atomic E-state index is 0.00421. The number of carbonyl (C=O) groups is 3. The maximum atomic E-state index is 12.8. The molecule has 1 atom stereocenters. The van der Waals surface area contributed by atoms with E-state index in [1.165, 1.54) is 18.1 Å². The van der Waals surface area contributed by atoms with Crippen LogP contribution < -0.4 is 10.1 Å². The van der Waals surface area contributed by atoms with Gasteiger partial charge in [-0.05, 0) is 43.5 Å². The van der Waals surface area contributed by atoms with Crippen molar-refractivity contribution in [2.45, 2.75) is 38.6 Å². The molecule has 0 aromatic heterocycles. The van der Waals surface area contributed by atoms with Crippen LogP contribution in [0.4, 0.5) is 0 Å². The van der Waals surface area contributed by atoms with Gasteiger partial charge in [0.15, 0.2) is 11.5 Å². The molecule has 3 N–H and O–H groups in total. The molecule has 30 heavy (non-hydrogen) atoms. The zero-order valence-corrected chi connectivity index (χ0v) is 18.3. The summed E-state index contributed by atoms with van der Waals surface area (Å²) in [5, 5.41) is 21.1. The Morgan fingerprint density at radius 1 is 1.33 bits per heavy atom. The highest BCUT2D eigenvalue weighted by atomic mass is 32.2. The molecule has 0 saturated carbocycles. The van der Waals surface area contributed by atoms with Gasteiger partial charge < -0.3 is 20.3 Å². The molecule has 1 fully saturated rings. The van der Waals surface area contributed by atoms with E-state index >= 15 is 0 Å². The van der Waals surface area contributed by atoms with Crippen LogP contribution in [0.25, 0.3) is 6.08 Å². The first-order valence-corrected chi connectivity index (χ1v) is 10.6. The van der Waals surface area contributed by atoms with Gasteiger partial charge in [-0.1, -0.05) is 36.5 Å². The van der Waals surface area contributed by atoms with E-state index in [0.29, 0.717) is 40.6 Å². The summed E-state index contributed by atoms with van der Waals surface area (Å²) >= 11 is 6.40. The third-order valence-corrected chi connectivity index (χ3v) is 5.79. The number of rotatable bonds is 10. The van der Waals surface area contributed by atoms with E-state index in [4.69, 9.17) is 22.1 Å². The molecule has 0 aliphatic carbocycles. The Balaban J connectivity index is 1.96. The van der Waals surface area contributed by atoms with Crippen molar-refractivity contribution in [2.24, 2.45) is 0 Å². The van der Waals surface area contributed by atoms with Crippen molar-refractivity contribution in [3.8, 4) is 11.5 Å². The first kappa shape index (κ1) is 23.7. The molecule has 8 nitrogen and oxygen atoms in total. The summed E-state index contributed by atoms with van der Waals surface area (Å²) in [6.07, 6.45) is 3.66. The normalized spacial score (nSPS) is 16.1. The Kier molecular flexibility index (Phi) is 8.67. The summed E-state index contributed by atoms with van der Waals surface area (Å²) in [7, 11) is 1.44. The largest absolute Gasteiger partial charge is 0.504 e. The van der Waals surface area contributed by atoms with Crippen LogP contribution in [0, 0.1) is 0 Å². The summed E-state index contributed by atoms with van der Waals surface area (Å²) in [6.45, 7) is 2.01. The van der Waals surface area contributed by atoms with E-state index in [2.05, 4.69) is 5.32 Å². The van der Waals surface area contributed by atoms with Crippen molar-refractivity contribution in [3.63, 3.8) is 0 Å². The maximum absolute atomic E-state index is 12.8. The molecule has 0 bridgehead atoms. The molecule has 1 aliphatic heterocycles. The number of benzene rings is 1. The highest BCUT2D eigenvalue weighted by molar-refractivity contribution is 8.26. The predicted octanol–water partition coefficient (Wildman–Crippen LogP) is 2.75. The minimum atomic E-state index is -0.833. The van der Waals surface area contributed by atoms with Gasteiger partial charge in [-0.2, -0.15) is 0 Å². The van der Waals surface area contributed by atoms with E-state index in [9.17, 15) is 19.5 Å². The lowest BCUT2D eigenvalue weighted by molar-refractivity contribution is -0.137. The van der Waals surface area contributed by atoms with Crippen LogP contribution in [0.1, 0.15) is 38.2 Å². The zero-order chi connectivity index (χ0) is 22.3. The lowest BCUT2D eigenvalue weighted by atomic mass is 10.1. The Hall–Kier alpha value is -2.59. The molecule has 2 amide bonds. The Bertz CT molecular complexity index is 871. The summed E-state index contributed by atoms with van der Waals surface area (Å²) in [4.78, 5) is 37.4. The zero-order valence-electron chi connectivity index (χ0n) is 16.7. The number of unbranched alkanes of at least 4 members (excludes halogenated alkanes) is 2. The standard InChI is InChI=1S/C20H24N2O6S2/c1-12(18(26)21-9-5-3-4-6-17(24)25)22-19(27)16(30-20(22)29)11-13-7-8-14(23)15(10-13)28-2/h7-8,10-12,23H,3-6,9H2,1-2H3,(H,21,26)(H,24,25)/b16-11-. The van der Waals surface area contributed by atoms with Crippen LogP contribution in [0.2, 0.25) is 0 Å². The third kappa shape index (κ3) is 6.20. The van der Waals surface area contributed by atoms with Crippen LogP contribution in [-0.4, -0.2) is 56.9 Å². The fraction of sp³-hybridized carbons (Fsp3) is 0.400. The second-order valence-corrected chi connectivity index (χ2v) is 8.33. The number of thiocarbonyl (C=S) groups is 1. The lowest BCUT2D eigenvalue weighted by Crippen LogP contribution is -2.47. The number of aliphatic carboxylic acids is 1. The highest BCUT2D eigenvalue weighted by Crippen LogP contribution is 2.35. The number of carbonyl (C=O) groups excluding carboxylic acids is 2. The fourth-order valence-corrected chi connectivity index (χ4v) is 4.22. The van der Waals surface area contributed by atoms with E-state index in [1.54, 1.807) is 25.1 Å². The average molecular weight is 453 g/mol. The second kappa shape index (κ2) is 11.0. The van der Waals surface area contributed by atoms with Gasteiger partial charge in [0, 0.05) is 13.0 Å². The molecule has 1 heterocycles. The first-order valence-electron chi connectivity index (χ1n) is 9.38. The fourth-order valence-electron chi connectivity index (χ4n) is 2.80. The van der Waals surface area contributed by atoms with Gasteiger partial charge in [0.05, 0.1) is 12.0 Å². The minimum Gasteiger partial charge on any atom is -0.504 e. The van der Waals surface area contributed by atoms with Gasteiger partial charge >= 0.3 is 5.97 Å². The van der Waals surface area contributed by atoms with Crippen LogP contribution >= 0.6 is 24.0 Å². The van der Waals surface area contributed by atoms with Crippen molar-refractivity contribution >= 4 is 52.2 Å². The molecular formula is C20H24N2O6S2. The van der Waals surface area contributed by atoms with Crippen LogP contribution in [0.5, 0.6) is 11.5 Å². The molecule has 0 radical (unpaired) electrons. The smallest absolute Gasteiger partial charge is 0.303 e. The Labute approximate surface area is 184 Å². The molecule has 10 heteroatoms. The van der Waals surface area contributed by atoms with Gasteiger partial charge in [-0.15, -0.1) is 0 Å². The molecule has 2 rings (SSSR count). The summed E-state index contributed by atoms with van der Waals surface area (Å²) in [5.41, 5.74) is 0.656. The van der Waals surface area contributed by atoms with Gasteiger partial charge in [-0.3, -0.25) is 19.3 Å². The van der Waals surface area contributed by atoms with Crippen molar-refractivity contribution in [3.05, 3.63) is 28.7 Å². The van der Waals surface area contributed by atoms with E-state index in [-0.39, 0.29) is 29.7 Å². The topological polar surface area (TPSA) is 116 Å². The van der Waals surface area contributed by atoms with Gasteiger partial charge in [0.25, 0.3) is 5.91 Å². The Morgan fingerprint density at radius 2 is 2.07 bits per heavy atom. The van der Waals surface area contributed by atoms with Crippen molar-refractivity contribution in [1.82, 2.24) is 10.2 Å². The lowest BCUT2D eigenvalue weighted by Gasteiger charge is -2.22. The molecule has 1 saturated heterocycles. The molecule has 0 spiro atoms. The monoisotopic (exact) mass is 452 g/mol. The molecule has 1 unspecified atom stereocenters. The Morgan fingerprint density at radius 3 is 2.73 bits per heavy atom. The number of nitrogens with one attached hydrogen (secondary N) is 1. The third-order valence-electron chi connectivity index (χ3n) is 4.46. The molecule has 1 aromatic carbocycles. The van der Waals surface area contributed by atoms with Crippen LogP contribution in [-0.2, 0) is 14.4 Å². The number of hydrogen-bond donors (Lipinski definition) is 3. The molecule has 1 aromatic rings. The number of carboxylic acids is 1. The van der Waals surface area contributed by atoms with Crippen LogP contribution in [0.15, 0.2) is 23.1 Å². The number of thioether (sulfide) groups is 1. The molecule has 162 valence electrons. The average Bonchev–Trinajstić information content (AvgIpc) is 2.98. The van der Waals surface area contributed by atoms with E-state index in [1.807, 2.05) is 0 Å². The summed E-state index contributed by atoms with van der Waals surface area (Å²) in [6, 6.07) is 3.95. The molecule has 1 aliphatic rings. The molecular weight excluding hydrogens is 428 g/mol. The second-order valence-electron chi connectivity index (χ2n) is 6.65. The van der Waals surface area contributed by atoms with Gasteiger partial charge in [0.2, 0.25) is 5.91 Å². The van der Waals surface area contributed by atoms with Gasteiger partial charge in [0.1, 0.15) is 10.4 Å². The summed E-state index contributed by atoms with van der Waals surface area (Å²) in [5.74, 6) is -1.23. The van der Waals surface area contributed by atoms with Crippen molar-refractivity contribution in [1.29, 1.82) is 0 Å².